The molecule has 0 amide bonds. The van der Waals surface area contributed by atoms with Gasteiger partial charge in [0.1, 0.15) is 0 Å². The molecule has 17 heavy (non-hydrogen) atoms. The fourth-order valence-corrected chi connectivity index (χ4v) is 2.66. The van der Waals surface area contributed by atoms with Crippen LogP contribution in [0.4, 0.5) is 0 Å². The van der Waals surface area contributed by atoms with Crippen molar-refractivity contribution in [2.45, 2.75) is 32.8 Å². The van der Waals surface area contributed by atoms with E-state index in [-0.39, 0.29) is 0 Å². The van der Waals surface area contributed by atoms with Crippen LogP contribution in [0.2, 0.25) is 0 Å². The lowest BCUT2D eigenvalue weighted by Crippen LogP contribution is -2.03. The summed E-state index contributed by atoms with van der Waals surface area (Å²) in [6.07, 6.45) is 1.27. The highest BCUT2D eigenvalue weighted by molar-refractivity contribution is 7.09. The quantitative estimate of drug-likeness (QED) is 0.898. The van der Waals surface area contributed by atoms with Gasteiger partial charge in [-0.05, 0) is 44.2 Å². The molecule has 1 unspecified atom stereocenters. The van der Waals surface area contributed by atoms with E-state index in [1.165, 1.54) is 4.88 Å². The Labute approximate surface area is 106 Å². The highest BCUT2D eigenvalue weighted by Gasteiger charge is 2.11. The van der Waals surface area contributed by atoms with Crippen molar-refractivity contribution < 1.29 is 5.11 Å². The van der Waals surface area contributed by atoms with E-state index in [1.807, 2.05) is 32.0 Å². The van der Waals surface area contributed by atoms with Crippen molar-refractivity contribution in [1.82, 2.24) is 4.98 Å². The molecule has 0 aliphatic carbocycles. The predicted molar refractivity (Wildman–Crippen MR) is 71.3 cm³/mol. The largest absolute Gasteiger partial charge is 0.388 e. The molecule has 3 heteroatoms. The molecule has 2 aromatic rings. The number of aromatic nitrogens is 1. The molecule has 0 saturated heterocycles. The Morgan fingerprint density at radius 1 is 1.29 bits per heavy atom. The molecule has 0 bridgehead atoms. The Balaban J connectivity index is 2.01. The van der Waals surface area contributed by atoms with Gasteiger partial charge in [-0.1, -0.05) is 12.1 Å². The lowest BCUT2D eigenvalue weighted by atomic mass is 10.0. The van der Waals surface area contributed by atoms with Gasteiger partial charge in [-0.3, -0.25) is 4.98 Å². The molecule has 2 nitrogen and oxygen atoms in total. The number of rotatable bonds is 4. The van der Waals surface area contributed by atoms with Gasteiger partial charge in [-0.2, -0.15) is 0 Å². The maximum Gasteiger partial charge on any atom is 0.0811 e. The zero-order valence-corrected chi connectivity index (χ0v) is 11.0. The number of hydrogen-bond acceptors (Lipinski definition) is 3. The molecule has 2 rings (SSSR count). The fraction of sp³-hybridized carbons (Fsp3) is 0.357. The van der Waals surface area contributed by atoms with E-state index in [9.17, 15) is 5.11 Å². The first-order valence-corrected chi connectivity index (χ1v) is 6.69. The van der Waals surface area contributed by atoms with E-state index in [4.69, 9.17) is 0 Å². The molecule has 0 aliphatic heterocycles. The van der Waals surface area contributed by atoms with Crippen LogP contribution in [-0.4, -0.2) is 10.1 Å². The maximum atomic E-state index is 10.2. The fourth-order valence-electron chi connectivity index (χ4n) is 1.94. The minimum atomic E-state index is -0.412. The zero-order chi connectivity index (χ0) is 12.3. The monoisotopic (exact) mass is 247 g/mol. The smallest absolute Gasteiger partial charge is 0.0811 e. The Kier molecular flexibility index (Phi) is 3.92. The van der Waals surface area contributed by atoms with Gasteiger partial charge in [0, 0.05) is 21.8 Å². The van der Waals surface area contributed by atoms with Crippen molar-refractivity contribution in [3.05, 3.63) is 51.5 Å². The summed E-state index contributed by atoms with van der Waals surface area (Å²) < 4.78 is 0. The number of nitrogens with zero attached hydrogens (tertiary/aromatic N) is 1. The minimum absolute atomic E-state index is 0.412. The molecule has 2 aromatic heterocycles. The summed E-state index contributed by atoms with van der Waals surface area (Å²) in [4.78, 5) is 5.70. The van der Waals surface area contributed by atoms with Gasteiger partial charge in [0.2, 0.25) is 0 Å². The minimum Gasteiger partial charge on any atom is -0.388 e. The number of aliphatic hydroxyl groups excluding tert-OH is 1. The third kappa shape index (κ3) is 3.14. The number of aliphatic hydroxyl groups is 1. The van der Waals surface area contributed by atoms with Gasteiger partial charge >= 0.3 is 0 Å². The van der Waals surface area contributed by atoms with Crippen molar-refractivity contribution >= 4 is 11.3 Å². The van der Waals surface area contributed by atoms with E-state index in [0.717, 1.165) is 29.8 Å². The van der Waals surface area contributed by atoms with Gasteiger partial charge in [0.15, 0.2) is 0 Å². The van der Waals surface area contributed by atoms with Crippen molar-refractivity contribution in [1.29, 1.82) is 0 Å². The molecule has 1 N–H and O–H groups in total. The van der Waals surface area contributed by atoms with E-state index in [0.29, 0.717) is 0 Å². The van der Waals surface area contributed by atoms with Gasteiger partial charge in [-0.15, -0.1) is 11.3 Å². The SMILES string of the molecule is Cc1ccc(C(O)CCc2cccs2)c(C)n1. The lowest BCUT2D eigenvalue weighted by molar-refractivity contribution is 0.167. The third-order valence-corrected chi connectivity index (χ3v) is 3.81. The van der Waals surface area contributed by atoms with E-state index in [2.05, 4.69) is 16.4 Å². The molecule has 0 fully saturated rings. The van der Waals surface area contributed by atoms with Crippen LogP contribution in [0.25, 0.3) is 0 Å². The van der Waals surface area contributed by atoms with Crippen LogP contribution in [0.3, 0.4) is 0 Å². The lowest BCUT2D eigenvalue weighted by Gasteiger charge is -2.13. The van der Waals surface area contributed by atoms with Crippen LogP contribution in [0.15, 0.2) is 29.6 Å². The van der Waals surface area contributed by atoms with Crippen molar-refractivity contribution in [3.63, 3.8) is 0 Å². The summed E-state index contributed by atoms with van der Waals surface area (Å²) in [6.45, 7) is 3.92. The van der Waals surface area contributed by atoms with Crippen molar-refractivity contribution in [2.75, 3.05) is 0 Å². The molecule has 90 valence electrons. The molecule has 0 spiro atoms. The van der Waals surface area contributed by atoms with Crippen molar-refractivity contribution in [2.24, 2.45) is 0 Å². The van der Waals surface area contributed by atoms with Gasteiger partial charge < -0.3 is 5.11 Å². The number of hydrogen-bond donors (Lipinski definition) is 1. The second kappa shape index (κ2) is 5.43. The summed E-state index contributed by atoms with van der Waals surface area (Å²) in [7, 11) is 0. The molecule has 2 heterocycles. The van der Waals surface area contributed by atoms with Crippen LogP contribution in [0.1, 0.15) is 34.4 Å². The molecule has 0 saturated carbocycles. The predicted octanol–water partition coefficient (Wildman–Crippen LogP) is 3.43. The van der Waals surface area contributed by atoms with Gasteiger partial charge in [0.25, 0.3) is 0 Å². The van der Waals surface area contributed by atoms with Crippen LogP contribution in [-0.2, 0) is 6.42 Å². The Morgan fingerprint density at radius 2 is 2.12 bits per heavy atom. The average molecular weight is 247 g/mol. The first-order chi connectivity index (χ1) is 8.16. The van der Waals surface area contributed by atoms with Crippen LogP contribution >= 0.6 is 11.3 Å². The highest BCUT2D eigenvalue weighted by atomic mass is 32.1. The number of thiophene rings is 1. The van der Waals surface area contributed by atoms with E-state index >= 15 is 0 Å². The van der Waals surface area contributed by atoms with Gasteiger partial charge in [0.05, 0.1) is 6.10 Å². The maximum absolute atomic E-state index is 10.2. The average Bonchev–Trinajstić information content (AvgIpc) is 2.78. The summed E-state index contributed by atoms with van der Waals surface area (Å²) in [6, 6.07) is 8.09. The molecule has 0 aromatic carbocycles. The Hall–Kier alpha value is -1.19. The second-order valence-electron chi connectivity index (χ2n) is 4.26. The standard InChI is InChI=1S/C14H17NOS/c1-10-5-7-13(11(2)15-10)14(16)8-6-12-4-3-9-17-12/h3-5,7,9,14,16H,6,8H2,1-2H3. The summed E-state index contributed by atoms with van der Waals surface area (Å²) in [5, 5.41) is 12.2. The van der Waals surface area contributed by atoms with Crippen molar-refractivity contribution in [3.8, 4) is 0 Å². The summed E-state index contributed by atoms with van der Waals surface area (Å²) >= 11 is 1.74. The van der Waals surface area contributed by atoms with Crippen LogP contribution in [0, 0.1) is 13.8 Å². The van der Waals surface area contributed by atoms with Gasteiger partial charge in [-0.25, -0.2) is 0 Å². The molecule has 0 aliphatic rings. The summed E-state index contributed by atoms with van der Waals surface area (Å²) in [5.41, 5.74) is 2.88. The highest BCUT2D eigenvalue weighted by Crippen LogP contribution is 2.22. The Morgan fingerprint density at radius 3 is 2.76 bits per heavy atom. The van der Waals surface area contributed by atoms with Crippen LogP contribution < -0.4 is 0 Å². The zero-order valence-electron chi connectivity index (χ0n) is 10.2. The third-order valence-electron chi connectivity index (χ3n) is 2.87. The van der Waals surface area contributed by atoms with Crippen LogP contribution in [0.5, 0.6) is 0 Å². The Bertz CT molecular complexity index is 479. The topological polar surface area (TPSA) is 33.1 Å². The first kappa shape index (κ1) is 12.3. The van der Waals surface area contributed by atoms with E-state index < -0.39 is 6.10 Å². The molecular weight excluding hydrogens is 230 g/mol. The number of pyridine rings is 1. The second-order valence-corrected chi connectivity index (χ2v) is 5.29. The molecule has 1 atom stereocenters. The summed E-state index contributed by atoms with van der Waals surface area (Å²) in [5.74, 6) is 0. The molecule has 0 radical (unpaired) electrons. The normalized spacial score (nSPS) is 12.6. The van der Waals surface area contributed by atoms with E-state index in [1.54, 1.807) is 11.3 Å². The molecular formula is C14H17NOS. The first-order valence-electron chi connectivity index (χ1n) is 5.81. The number of aryl methyl sites for hydroxylation is 3.